The molecule has 0 aliphatic carbocycles. The Morgan fingerprint density at radius 2 is 2.30 bits per heavy atom. The first-order valence-electron chi connectivity index (χ1n) is 6.20. The summed E-state index contributed by atoms with van der Waals surface area (Å²) in [5.74, 6) is -0.345. The average Bonchev–Trinajstić information content (AvgIpc) is 2.91. The summed E-state index contributed by atoms with van der Waals surface area (Å²) in [7, 11) is 1.30. The minimum absolute atomic E-state index is 0.0763. The van der Waals surface area contributed by atoms with Crippen molar-refractivity contribution in [3.63, 3.8) is 0 Å². The molecule has 1 aromatic heterocycles. The van der Waals surface area contributed by atoms with E-state index in [0.717, 1.165) is 6.42 Å². The highest BCUT2D eigenvalue weighted by Crippen LogP contribution is 2.22. The largest absolute Gasteiger partial charge is 0.378 e. The van der Waals surface area contributed by atoms with Crippen LogP contribution < -0.4 is 5.32 Å². The van der Waals surface area contributed by atoms with E-state index in [1.54, 1.807) is 0 Å². The number of amides is 1. The number of ether oxygens (including phenoxy) is 1. The fourth-order valence-corrected chi connectivity index (χ4v) is 3.57. The maximum atomic E-state index is 12.0. The Morgan fingerprint density at radius 3 is 2.85 bits per heavy atom. The normalized spacial score (nSPS) is 22.9. The maximum absolute atomic E-state index is 12.0. The topological polar surface area (TPSA) is 101 Å². The molecule has 1 saturated heterocycles. The molecule has 0 saturated carbocycles. The van der Waals surface area contributed by atoms with Crippen LogP contribution in [-0.2, 0) is 13.8 Å². The zero-order valence-electron chi connectivity index (χ0n) is 11.1. The molecule has 1 aliphatic heterocycles. The van der Waals surface area contributed by atoms with Crippen molar-refractivity contribution in [3.8, 4) is 0 Å². The number of H-pyrrole nitrogens is 1. The van der Waals surface area contributed by atoms with Crippen LogP contribution in [0.15, 0.2) is 4.90 Å². The van der Waals surface area contributed by atoms with E-state index >= 15 is 0 Å². The van der Waals surface area contributed by atoms with Crippen LogP contribution >= 0.6 is 10.7 Å². The fraction of sp³-hybridized carbons (Fsp3) is 0.636. The number of aryl methyl sites for hydroxylation is 1. The Labute approximate surface area is 121 Å². The second kappa shape index (κ2) is 5.71. The van der Waals surface area contributed by atoms with Gasteiger partial charge in [0.25, 0.3) is 15.0 Å². The lowest BCUT2D eigenvalue weighted by Crippen LogP contribution is -2.32. The van der Waals surface area contributed by atoms with Crippen molar-refractivity contribution in [3.05, 3.63) is 11.4 Å². The third kappa shape index (κ3) is 3.13. The number of carbonyl (C=O) groups excluding carboxylic acids is 1. The van der Waals surface area contributed by atoms with Gasteiger partial charge in [0, 0.05) is 29.8 Å². The van der Waals surface area contributed by atoms with E-state index in [-0.39, 0.29) is 28.3 Å². The third-order valence-electron chi connectivity index (χ3n) is 3.41. The van der Waals surface area contributed by atoms with Gasteiger partial charge in [-0.25, -0.2) is 8.42 Å². The van der Waals surface area contributed by atoms with Gasteiger partial charge in [0.2, 0.25) is 0 Å². The summed E-state index contributed by atoms with van der Waals surface area (Å²) in [5.41, 5.74) is 0.0341. The summed E-state index contributed by atoms with van der Waals surface area (Å²) in [6.07, 6.45) is 0.939. The summed E-state index contributed by atoms with van der Waals surface area (Å²) >= 11 is 0. The van der Waals surface area contributed by atoms with Gasteiger partial charge in [0.05, 0.1) is 11.8 Å². The molecule has 0 radical (unpaired) electrons. The molecule has 1 fully saturated rings. The summed E-state index contributed by atoms with van der Waals surface area (Å²) < 4.78 is 28.3. The highest BCUT2D eigenvalue weighted by atomic mass is 35.7. The number of halogens is 1. The molecule has 7 nitrogen and oxygen atoms in total. The summed E-state index contributed by atoms with van der Waals surface area (Å²) in [6, 6.07) is 0. The van der Waals surface area contributed by atoms with Gasteiger partial charge in [-0.15, -0.1) is 0 Å². The van der Waals surface area contributed by atoms with Crippen molar-refractivity contribution in [1.29, 1.82) is 0 Å². The number of carbonyl (C=O) groups is 1. The van der Waals surface area contributed by atoms with E-state index in [4.69, 9.17) is 15.4 Å². The van der Waals surface area contributed by atoms with Crippen LogP contribution in [-0.4, -0.2) is 43.8 Å². The standard InChI is InChI=1S/C11H16ClN3O4S/c1-6-10(20(12,17)18)9(15-14-6)11(16)13-5-8-3-4-19-7(8)2/h7-8H,3-5H2,1-2H3,(H,13,16)(H,14,15). The van der Waals surface area contributed by atoms with Gasteiger partial charge in [-0.05, 0) is 20.3 Å². The molecular weight excluding hydrogens is 306 g/mol. The number of hydrogen-bond donors (Lipinski definition) is 2. The van der Waals surface area contributed by atoms with E-state index in [2.05, 4.69) is 15.5 Å². The van der Waals surface area contributed by atoms with Crippen molar-refractivity contribution in [2.75, 3.05) is 13.2 Å². The molecule has 2 atom stereocenters. The van der Waals surface area contributed by atoms with Crippen LogP contribution in [0.3, 0.4) is 0 Å². The second-order valence-corrected chi connectivity index (χ2v) is 7.30. The molecule has 2 unspecified atom stereocenters. The predicted octanol–water partition coefficient (Wildman–Crippen LogP) is 0.800. The van der Waals surface area contributed by atoms with Crippen molar-refractivity contribution >= 4 is 25.6 Å². The van der Waals surface area contributed by atoms with Gasteiger partial charge in [-0.1, -0.05) is 0 Å². The number of hydrogen-bond acceptors (Lipinski definition) is 5. The smallest absolute Gasteiger partial charge is 0.273 e. The first-order valence-corrected chi connectivity index (χ1v) is 8.51. The van der Waals surface area contributed by atoms with Crippen LogP contribution in [0.4, 0.5) is 0 Å². The van der Waals surface area contributed by atoms with Crippen LogP contribution in [0, 0.1) is 12.8 Å². The Hall–Kier alpha value is -1.12. The molecule has 2 heterocycles. The molecule has 0 spiro atoms. The zero-order chi connectivity index (χ0) is 14.9. The zero-order valence-corrected chi connectivity index (χ0v) is 12.7. The Balaban J connectivity index is 2.10. The fourth-order valence-electron chi connectivity index (χ4n) is 2.22. The van der Waals surface area contributed by atoms with Crippen molar-refractivity contribution in [1.82, 2.24) is 15.5 Å². The lowest BCUT2D eigenvalue weighted by atomic mass is 10.0. The van der Waals surface area contributed by atoms with Crippen molar-refractivity contribution < 1.29 is 17.9 Å². The highest BCUT2D eigenvalue weighted by molar-refractivity contribution is 8.13. The number of aromatic amines is 1. The average molecular weight is 322 g/mol. The molecule has 112 valence electrons. The monoisotopic (exact) mass is 321 g/mol. The Kier molecular flexibility index (Phi) is 4.36. The first kappa shape index (κ1) is 15.3. The number of aromatic nitrogens is 2. The summed E-state index contributed by atoms with van der Waals surface area (Å²) in [4.78, 5) is 11.8. The Morgan fingerprint density at radius 1 is 1.60 bits per heavy atom. The van der Waals surface area contributed by atoms with E-state index in [1.165, 1.54) is 6.92 Å². The van der Waals surface area contributed by atoms with Gasteiger partial charge in [0.15, 0.2) is 5.69 Å². The SMILES string of the molecule is Cc1[nH]nc(C(=O)NCC2CCOC2C)c1S(=O)(=O)Cl. The van der Waals surface area contributed by atoms with Crippen molar-refractivity contribution in [2.45, 2.75) is 31.3 Å². The molecule has 0 aromatic carbocycles. The van der Waals surface area contributed by atoms with E-state index < -0.39 is 15.0 Å². The van der Waals surface area contributed by atoms with Gasteiger partial charge < -0.3 is 10.1 Å². The van der Waals surface area contributed by atoms with E-state index in [9.17, 15) is 13.2 Å². The van der Waals surface area contributed by atoms with E-state index in [1.807, 2.05) is 6.92 Å². The predicted molar refractivity (Wildman–Crippen MR) is 72.2 cm³/mol. The van der Waals surface area contributed by atoms with Gasteiger partial charge in [-0.2, -0.15) is 5.10 Å². The minimum Gasteiger partial charge on any atom is -0.378 e. The number of nitrogens with one attached hydrogen (secondary N) is 2. The molecule has 9 heteroatoms. The lowest BCUT2D eigenvalue weighted by molar-refractivity contribution is 0.0900. The van der Waals surface area contributed by atoms with Crippen molar-refractivity contribution in [2.24, 2.45) is 5.92 Å². The molecule has 1 aliphatic rings. The second-order valence-electron chi connectivity index (χ2n) is 4.80. The van der Waals surface area contributed by atoms with Crippen LogP contribution in [0.1, 0.15) is 29.5 Å². The van der Waals surface area contributed by atoms with Crippen LogP contribution in [0.5, 0.6) is 0 Å². The number of nitrogens with zero attached hydrogens (tertiary/aromatic N) is 1. The molecule has 1 aromatic rings. The van der Waals surface area contributed by atoms with Crippen LogP contribution in [0.2, 0.25) is 0 Å². The minimum atomic E-state index is -4.02. The van der Waals surface area contributed by atoms with Gasteiger partial charge in [0.1, 0.15) is 4.90 Å². The van der Waals surface area contributed by atoms with Gasteiger partial charge in [-0.3, -0.25) is 9.89 Å². The molecule has 0 bridgehead atoms. The molecule has 2 rings (SSSR count). The highest BCUT2D eigenvalue weighted by Gasteiger charge is 2.29. The Bertz CT molecular complexity index is 613. The lowest BCUT2D eigenvalue weighted by Gasteiger charge is -2.14. The van der Waals surface area contributed by atoms with Crippen LogP contribution in [0.25, 0.3) is 0 Å². The molecule has 20 heavy (non-hydrogen) atoms. The van der Waals surface area contributed by atoms with Gasteiger partial charge >= 0.3 is 0 Å². The molecular formula is C11H16ClN3O4S. The summed E-state index contributed by atoms with van der Waals surface area (Å²) in [6.45, 7) is 4.52. The number of rotatable bonds is 4. The van der Waals surface area contributed by atoms with E-state index in [0.29, 0.717) is 13.2 Å². The molecule has 2 N–H and O–H groups in total. The first-order chi connectivity index (χ1) is 9.30. The summed E-state index contributed by atoms with van der Waals surface area (Å²) in [5, 5.41) is 8.85. The molecule has 1 amide bonds. The quantitative estimate of drug-likeness (QED) is 0.799. The maximum Gasteiger partial charge on any atom is 0.273 e. The third-order valence-corrected chi connectivity index (χ3v) is 4.86.